The second kappa shape index (κ2) is 14.4. The summed E-state index contributed by atoms with van der Waals surface area (Å²) in [6.07, 6.45) is 3.47. The zero-order chi connectivity index (χ0) is 26.3. The Labute approximate surface area is 235 Å². The van der Waals surface area contributed by atoms with Gasteiger partial charge in [0, 0.05) is 31.7 Å². The highest BCUT2D eigenvalue weighted by Gasteiger charge is 2.26. The Morgan fingerprint density at radius 1 is 0.946 bits per heavy atom. The van der Waals surface area contributed by atoms with E-state index in [0.29, 0.717) is 47.4 Å². The number of aromatic nitrogens is 1. The number of nitrogens with zero attached hydrogens (tertiary/aromatic N) is 4. The molecule has 1 aromatic heterocycles. The highest BCUT2D eigenvalue weighted by Crippen LogP contribution is 2.33. The summed E-state index contributed by atoms with van der Waals surface area (Å²) in [4.78, 5) is 22.1. The Bertz CT molecular complexity index is 1260. The molecule has 0 spiro atoms. The lowest BCUT2D eigenvalue weighted by molar-refractivity contribution is 0.0985. The molecule has 0 aliphatic rings. The molecule has 1 amide bonds. The second-order valence-corrected chi connectivity index (χ2v) is 12.3. The van der Waals surface area contributed by atoms with Crippen LogP contribution < -0.4 is 4.90 Å². The average Bonchev–Trinajstić information content (AvgIpc) is 3.29. The highest BCUT2D eigenvalue weighted by atomic mass is 35.5. The van der Waals surface area contributed by atoms with Gasteiger partial charge in [0.15, 0.2) is 5.13 Å². The number of halogens is 2. The maximum atomic E-state index is 13.6. The predicted octanol–water partition coefficient (Wildman–Crippen LogP) is 6.17. The van der Waals surface area contributed by atoms with Gasteiger partial charge in [-0.05, 0) is 63.3 Å². The van der Waals surface area contributed by atoms with Crippen LogP contribution in [0.5, 0.6) is 0 Å². The van der Waals surface area contributed by atoms with Gasteiger partial charge in [-0.1, -0.05) is 55.7 Å². The molecule has 0 radical (unpaired) electrons. The lowest BCUT2D eigenvalue weighted by atomic mass is 10.2. The minimum atomic E-state index is -3.63. The number of carbonyl (C=O) groups is 1. The van der Waals surface area contributed by atoms with Crippen LogP contribution in [-0.4, -0.2) is 68.8 Å². The lowest BCUT2D eigenvalue weighted by Crippen LogP contribution is -2.37. The van der Waals surface area contributed by atoms with Crippen LogP contribution in [-0.2, 0) is 10.0 Å². The molecule has 0 N–H and O–H groups in total. The zero-order valence-electron chi connectivity index (χ0n) is 21.8. The molecule has 0 aliphatic heterocycles. The van der Waals surface area contributed by atoms with Crippen LogP contribution in [0.4, 0.5) is 5.13 Å². The number of thiazole rings is 1. The van der Waals surface area contributed by atoms with Crippen LogP contribution in [0.15, 0.2) is 47.4 Å². The maximum absolute atomic E-state index is 13.6. The number of unbranched alkanes of at least 4 members (excludes halogenated alkanes) is 2. The van der Waals surface area contributed by atoms with Crippen molar-refractivity contribution in [2.75, 3.05) is 45.2 Å². The number of hydrogen-bond acceptors (Lipinski definition) is 6. The monoisotopic (exact) mass is 586 g/mol. The van der Waals surface area contributed by atoms with E-state index < -0.39 is 10.0 Å². The normalized spacial score (nSPS) is 11.8. The molecule has 204 valence electrons. The SMILES string of the molecule is CCCCN(CCCC)S(=O)(=O)c1ccc(C(=O)N(CCN(C)C)c2nc3c(Cl)cccc3s2)cc1.Cl. The quantitative estimate of drug-likeness (QED) is 0.239. The molecule has 7 nitrogen and oxygen atoms in total. The smallest absolute Gasteiger partial charge is 0.260 e. The van der Waals surface area contributed by atoms with E-state index >= 15 is 0 Å². The molecule has 37 heavy (non-hydrogen) atoms. The first-order valence-electron chi connectivity index (χ1n) is 12.3. The van der Waals surface area contributed by atoms with Crippen molar-refractivity contribution >= 4 is 66.6 Å². The molecule has 0 atom stereocenters. The first kappa shape index (κ1) is 31.5. The summed E-state index contributed by atoms with van der Waals surface area (Å²) >= 11 is 7.73. The van der Waals surface area contributed by atoms with Gasteiger partial charge in [0.25, 0.3) is 5.91 Å². The number of hydrogen-bond donors (Lipinski definition) is 0. The molecule has 2 aromatic carbocycles. The van der Waals surface area contributed by atoms with E-state index in [1.807, 2.05) is 45.0 Å². The fraction of sp³-hybridized carbons (Fsp3) is 0.462. The predicted molar refractivity (Wildman–Crippen MR) is 157 cm³/mol. The third-order valence-corrected chi connectivity index (χ3v) is 9.13. The van der Waals surface area contributed by atoms with Crippen molar-refractivity contribution in [2.45, 2.75) is 44.4 Å². The minimum Gasteiger partial charge on any atom is -0.308 e. The molecule has 0 saturated carbocycles. The van der Waals surface area contributed by atoms with Crippen molar-refractivity contribution in [1.82, 2.24) is 14.2 Å². The van der Waals surface area contributed by atoms with E-state index in [0.717, 1.165) is 30.4 Å². The molecular formula is C26H36Cl2N4O3S2. The summed E-state index contributed by atoms with van der Waals surface area (Å²) in [5, 5.41) is 1.10. The van der Waals surface area contributed by atoms with Gasteiger partial charge in [0.1, 0.15) is 5.52 Å². The van der Waals surface area contributed by atoms with Gasteiger partial charge < -0.3 is 4.90 Å². The van der Waals surface area contributed by atoms with Crippen LogP contribution >= 0.6 is 35.3 Å². The van der Waals surface area contributed by atoms with Gasteiger partial charge in [0.2, 0.25) is 10.0 Å². The van der Waals surface area contributed by atoms with Gasteiger partial charge in [-0.3, -0.25) is 9.69 Å². The molecule has 3 aromatic rings. The van der Waals surface area contributed by atoms with Gasteiger partial charge in [0.05, 0.1) is 14.6 Å². The average molecular weight is 588 g/mol. The molecule has 11 heteroatoms. The lowest BCUT2D eigenvalue weighted by Gasteiger charge is -2.23. The topological polar surface area (TPSA) is 73.8 Å². The highest BCUT2D eigenvalue weighted by molar-refractivity contribution is 7.89. The number of amides is 1. The number of sulfonamides is 1. The molecule has 0 bridgehead atoms. The molecule has 0 saturated heterocycles. The number of fused-ring (bicyclic) bond motifs is 1. The van der Waals surface area contributed by atoms with Crippen LogP contribution in [0, 0.1) is 0 Å². The van der Waals surface area contributed by atoms with Gasteiger partial charge in [-0.25, -0.2) is 13.4 Å². The first-order chi connectivity index (χ1) is 17.2. The molecule has 0 fully saturated rings. The summed E-state index contributed by atoms with van der Waals surface area (Å²) < 4.78 is 29.1. The van der Waals surface area contributed by atoms with E-state index in [2.05, 4.69) is 4.98 Å². The summed E-state index contributed by atoms with van der Waals surface area (Å²) in [6.45, 7) is 6.17. The third-order valence-electron chi connectivity index (χ3n) is 5.87. The Balaban J connectivity index is 0.00000481. The van der Waals surface area contributed by atoms with Crippen LogP contribution in [0.1, 0.15) is 49.9 Å². The number of para-hydroxylation sites is 1. The van der Waals surface area contributed by atoms with Crippen molar-refractivity contribution in [3.63, 3.8) is 0 Å². The van der Waals surface area contributed by atoms with Crippen molar-refractivity contribution in [3.05, 3.63) is 53.1 Å². The maximum Gasteiger partial charge on any atom is 0.260 e. The Morgan fingerprint density at radius 2 is 1.57 bits per heavy atom. The van der Waals surface area contributed by atoms with Crippen molar-refractivity contribution in [1.29, 1.82) is 0 Å². The molecule has 0 unspecified atom stereocenters. The van der Waals surface area contributed by atoms with Gasteiger partial charge >= 0.3 is 0 Å². The number of likely N-dealkylation sites (N-methyl/N-ethyl adjacent to an activating group) is 1. The third kappa shape index (κ3) is 7.88. The first-order valence-corrected chi connectivity index (χ1v) is 14.9. The summed E-state index contributed by atoms with van der Waals surface area (Å²) in [5.74, 6) is -0.232. The Hall–Kier alpha value is -1.75. The number of anilines is 1. The van der Waals surface area contributed by atoms with Gasteiger partial charge in [-0.15, -0.1) is 12.4 Å². The standard InChI is InChI=1S/C26H35ClN4O3S2.ClH/c1-5-7-16-30(17-8-6-2)36(33,34)21-14-12-20(13-15-21)25(32)31(19-18-29(3)4)26-28-24-22(27)10-9-11-23(24)35-26;/h9-15H,5-8,16-19H2,1-4H3;1H. The molecule has 0 aliphatic carbocycles. The summed E-state index contributed by atoms with van der Waals surface area (Å²) in [6, 6.07) is 11.8. The van der Waals surface area contributed by atoms with Crippen molar-refractivity contribution in [3.8, 4) is 0 Å². The zero-order valence-corrected chi connectivity index (χ0v) is 25.0. The molecular weight excluding hydrogens is 551 g/mol. The van der Waals surface area contributed by atoms with Crippen LogP contribution in [0.25, 0.3) is 10.2 Å². The van der Waals surface area contributed by atoms with Gasteiger partial charge in [-0.2, -0.15) is 4.31 Å². The number of carbonyl (C=O) groups excluding carboxylic acids is 1. The van der Waals surface area contributed by atoms with E-state index in [-0.39, 0.29) is 23.2 Å². The fourth-order valence-corrected chi connectivity index (χ4v) is 6.51. The summed E-state index contributed by atoms with van der Waals surface area (Å²) in [7, 11) is 0.262. The number of benzene rings is 2. The van der Waals surface area contributed by atoms with Crippen LogP contribution in [0.3, 0.4) is 0 Å². The minimum absolute atomic E-state index is 0. The fourth-order valence-electron chi connectivity index (χ4n) is 3.70. The summed E-state index contributed by atoms with van der Waals surface area (Å²) in [5.41, 5.74) is 1.08. The van der Waals surface area contributed by atoms with E-state index in [1.54, 1.807) is 27.4 Å². The van der Waals surface area contributed by atoms with Crippen LogP contribution in [0.2, 0.25) is 5.02 Å². The largest absolute Gasteiger partial charge is 0.308 e. The van der Waals surface area contributed by atoms with Crippen molar-refractivity contribution < 1.29 is 13.2 Å². The Kier molecular flexibility index (Phi) is 12.3. The van der Waals surface area contributed by atoms with E-state index in [4.69, 9.17) is 11.6 Å². The molecule has 1 heterocycles. The Morgan fingerprint density at radius 3 is 2.11 bits per heavy atom. The van der Waals surface area contributed by atoms with Crippen molar-refractivity contribution in [2.24, 2.45) is 0 Å². The molecule has 3 rings (SSSR count). The van der Waals surface area contributed by atoms with E-state index in [9.17, 15) is 13.2 Å². The van der Waals surface area contributed by atoms with E-state index in [1.165, 1.54) is 23.5 Å². The second-order valence-electron chi connectivity index (χ2n) is 8.98. The number of rotatable bonds is 13.